The summed E-state index contributed by atoms with van der Waals surface area (Å²) in [6.45, 7) is 8.32. The summed E-state index contributed by atoms with van der Waals surface area (Å²) in [5.74, 6) is 7.76. The summed E-state index contributed by atoms with van der Waals surface area (Å²) in [6.07, 6.45) is 3.29. The van der Waals surface area contributed by atoms with Crippen molar-refractivity contribution in [1.82, 2.24) is 5.43 Å². The van der Waals surface area contributed by atoms with Crippen LogP contribution in [0.15, 0.2) is 12.2 Å². The summed E-state index contributed by atoms with van der Waals surface area (Å²) in [5.41, 5.74) is 4.12. The molecule has 0 fully saturated rings. The van der Waals surface area contributed by atoms with E-state index in [1.807, 2.05) is 11.8 Å². The van der Waals surface area contributed by atoms with Crippen molar-refractivity contribution in [1.29, 1.82) is 0 Å². The van der Waals surface area contributed by atoms with E-state index >= 15 is 0 Å². The first kappa shape index (κ1) is 13.0. The summed E-state index contributed by atoms with van der Waals surface area (Å²) in [6, 6.07) is 0.393. The van der Waals surface area contributed by atoms with Gasteiger partial charge in [0, 0.05) is 11.8 Å². The summed E-state index contributed by atoms with van der Waals surface area (Å²) < 4.78 is 0. The normalized spacial score (nSPS) is 12.8. The van der Waals surface area contributed by atoms with Crippen LogP contribution in [0.25, 0.3) is 0 Å². The minimum Gasteiger partial charge on any atom is -0.271 e. The van der Waals surface area contributed by atoms with Crippen molar-refractivity contribution in [3.8, 4) is 0 Å². The van der Waals surface area contributed by atoms with Gasteiger partial charge in [-0.1, -0.05) is 26.0 Å². The molecule has 0 aliphatic heterocycles. The van der Waals surface area contributed by atoms with Crippen molar-refractivity contribution in [2.75, 3.05) is 11.5 Å². The van der Waals surface area contributed by atoms with E-state index in [0.29, 0.717) is 6.04 Å². The van der Waals surface area contributed by atoms with Crippen molar-refractivity contribution in [2.45, 2.75) is 39.2 Å². The van der Waals surface area contributed by atoms with Gasteiger partial charge in [-0.05, 0) is 25.0 Å². The fourth-order valence-electron chi connectivity index (χ4n) is 1.03. The largest absolute Gasteiger partial charge is 0.271 e. The number of nitrogens with one attached hydrogen (secondary N) is 1. The first-order valence-electron chi connectivity index (χ1n) is 4.95. The summed E-state index contributed by atoms with van der Waals surface area (Å²) in [7, 11) is 0. The number of hydrogen-bond donors (Lipinski definition) is 2. The Morgan fingerprint density at radius 1 is 1.54 bits per heavy atom. The van der Waals surface area contributed by atoms with E-state index in [2.05, 4.69) is 25.9 Å². The van der Waals surface area contributed by atoms with Gasteiger partial charge in [-0.25, -0.2) is 0 Å². The number of hydrogen-bond acceptors (Lipinski definition) is 3. The molecule has 78 valence electrons. The maximum Gasteiger partial charge on any atom is 0.0338 e. The van der Waals surface area contributed by atoms with Gasteiger partial charge in [-0.15, -0.1) is 0 Å². The molecule has 0 spiro atoms. The average molecular weight is 202 g/mol. The van der Waals surface area contributed by atoms with Crippen LogP contribution in [0.2, 0.25) is 0 Å². The molecular formula is C10H22N2S. The molecule has 0 aromatic carbocycles. The highest BCUT2D eigenvalue weighted by atomic mass is 32.2. The number of hydrazine groups is 1. The van der Waals surface area contributed by atoms with Crippen LogP contribution >= 0.6 is 11.8 Å². The number of rotatable bonds is 8. The maximum atomic E-state index is 5.45. The standard InChI is InChI=1S/C10H22N2S/c1-4-6-13-8-10(12-11)7-9(3)5-2/h10,12H,3-8,11H2,1-2H3. The van der Waals surface area contributed by atoms with Gasteiger partial charge in [0.05, 0.1) is 0 Å². The molecule has 0 radical (unpaired) electrons. The maximum absolute atomic E-state index is 5.45. The van der Waals surface area contributed by atoms with Gasteiger partial charge in [0.25, 0.3) is 0 Å². The van der Waals surface area contributed by atoms with Crippen LogP contribution in [0.5, 0.6) is 0 Å². The van der Waals surface area contributed by atoms with Gasteiger partial charge in [0.1, 0.15) is 0 Å². The zero-order valence-electron chi connectivity index (χ0n) is 8.81. The van der Waals surface area contributed by atoms with E-state index < -0.39 is 0 Å². The highest BCUT2D eigenvalue weighted by Crippen LogP contribution is 2.12. The van der Waals surface area contributed by atoms with Crippen LogP contribution in [0, 0.1) is 0 Å². The first-order chi connectivity index (χ1) is 6.24. The molecule has 0 aromatic rings. The van der Waals surface area contributed by atoms with Crippen LogP contribution in [0.1, 0.15) is 33.1 Å². The van der Waals surface area contributed by atoms with Gasteiger partial charge < -0.3 is 0 Å². The van der Waals surface area contributed by atoms with Crippen molar-refractivity contribution >= 4 is 11.8 Å². The smallest absolute Gasteiger partial charge is 0.0338 e. The van der Waals surface area contributed by atoms with Crippen LogP contribution in [0.4, 0.5) is 0 Å². The second-order valence-corrected chi connectivity index (χ2v) is 4.40. The van der Waals surface area contributed by atoms with Crippen LogP contribution < -0.4 is 11.3 Å². The monoisotopic (exact) mass is 202 g/mol. The lowest BCUT2D eigenvalue weighted by molar-refractivity contribution is 0.568. The lowest BCUT2D eigenvalue weighted by Gasteiger charge is -2.15. The summed E-state index contributed by atoms with van der Waals surface area (Å²) in [4.78, 5) is 0. The molecule has 3 heteroatoms. The zero-order chi connectivity index (χ0) is 10.1. The Bertz CT molecular complexity index is 137. The Labute approximate surface area is 86.3 Å². The van der Waals surface area contributed by atoms with E-state index in [4.69, 9.17) is 5.84 Å². The quantitative estimate of drug-likeness (QED) is 0.274. The van der Waals surface area contributed by atoms with Crippen LogP contribution in [-0.4, -0.2) is 17.5 Å². The van der Waals surface area contributed by atoms with E-state index in [9.17, 15) is 0 Å². The Kier molecular flexibility index (Phi) is 8.61. The minimum absolute atomic E-state index is 0.393. The molecular weight excluding hydrogens is 180 g/mol. The first-order valence-corrected chi connectivity index (χ1v) is 6.10. The van der Waals surface area contributed by atoms with Crippen LogP contribution in [0.3, 0.4) is 0 Å². The fourth-order valence-corrected chi connectivity index (χ4v) is 1.98. The van der Waals surface area contributed by atoms with Gasteiger partial charge in [-0.2, -0.15) is 11.8 Å². The molecule has 0 aliphatic carbocycles. The number of thioether (sulfide) groups is 1. The highest BCUT2D eigenvalue weighted by molar-refractivity contribution is 7.99. The van der Waals surface area contributed by atoms with Gasteiger partial charge >= 0.3 is 0 Å². The molecule has 1 atom stereocenters. The second-order valence-electron chi connectivity index (χ2n) is 3.25. The van der Waals surface area contributed by atoms with E-state index in [-0.39, 0.29) is 0 Å². The Balaban J connectivity index is 3.56. The Morgan fingerprint density at radius 2 is 2.23 bits per heavy atom. The lowest BCUT2D eigenvalue weighted by Crippen LogP contribution is -2.37. The minimum atomic E-state index is 0.393. The zero-order valence-corrected chi connectivity index (χ0v) is 9.62. The van der Waals surface area contributed by atoms with Crippen LogP contribution in [-0.2, 0) is 0 Å². The topological polar surface area (TPSA) is 38.0 Å². The third kappa shape index (κ3) is 7.11. The Hall–Kier alpha value is 0.01000. The SMILES string of the molecule is C=C(CC)CC(CSCCC)NN. The van der Waals surface area contributed by atoms with E-state index in [1.165, 1.54) is 17.7 Å². The van der Waals surface area contributed by atoms with Gasteiger partial charge in [-0.3, -0.25) is 11.3 Å². The molecule has 0 rings (SSSR count). The lowest BCUT2D eigenvalue weighted by atomic mass is 10.1. The molecule has 0 amide bonds. The van der Waals surface area contributed by atoms with Crippen molar-refractivity contribution < 1.29 is 0 Å². The molecule has 1 unspecified atom stereocenters. The molecule has 3 N–H and O–H groups in total. The van der Waals surface area contributed by atoms with Gasteiger partial charge in [0.15, 0.2) is 0 Å². The number of nitrogens with two attached hydrogens (primary N) is 1. The van der Waals surface area contributed by atoms with Gasteiger partial charge in [0.2, 0.25) is 0 Å². The van der Waals surface area contributed by atoms with Crippen molar-refractivity contribution in [3.63, 3.8) is 0 Å². The predicted molar refractivity (Wildman–Crippen MR) is 62.8 cm³/mol. The molecule has 0 aromatic heterocycles. The summed E-state index contributed by atoms with van der Waals surface area (Å²) >= 11 is 1.95. The van der Waals surface area contributed by atoms with Crippen molar-refractivity contribution in [2.24, 2.45) is 5.84 Å². The molecule has 13 heavy (non-hydrogen) atoms. The van der Waals surface area contributed by atoms with E-state index in [0.717, 1.165) is 18.6 Å². The van der Waals surface area contributed by atoms with Crippen molar-refractivity contribution in [3.05, 3.63) is 12.2 Å². The Morgan fingerprint density at radius 3 is 2.69 bits per heavy atom. The molecule has 2 nitrogen and oxygen atoms in total. The third-order valence-electron chi connectivity index (χ3n) is 1.94. The average Bonchev–Trinajstić information content (AvgIpc) is 2.16. The highest BCUT2D eigenvalue weighted by Gasteiger charge is 2.06. The summed E-state index contributed by atoms with van der Waals surface area (Å²) in [5, 5.41) is 0. The second kappa shape index (κ2) is 8.60. The predicted octanol–water partition coefficient (Wildman–Crippen LogP) is 2.32. The molecule has 0 aliphatic rings. The third-order valence-corrected chi connectivity index (χ3v) is 3.27. The molecule has 0 bridgehead atoms. The molecule has 0 saturated heterocycles. The fraction of sp³-hybridized carbons (Fsp3) is 0.800. The van der Waals surface area contributed by atoms with E-state index in [1.54, 1.807) is 0 Å². The molecule has 0 saturated carbocycles. The molecule has 0 heterocycles.